The van der Waals surface area contributed by atoms with Gasteiger partial charge in [-0.05, 0) is 54.2 Å². The van der Waals surface area contributed by atoms with Crippen LogP contribution >= 0.6 is 11.3 Å². The quantitative estimate of drug-likeness (QED) is 0.857. The largest absolute Gasteiger partial charge is 0.369 e. The van der Waals surface area contributed by atoms with Crippen molar-refractivity contribution in [2.75, 3.05) is 13.1 Å². The van der Waals surface area contributed by atoms with Gasteiger partial charge in [-0.25, -0.2) is 0 Å². The molecule has 1 saturated carbocycles. The van der Waals surface area contributed by atoms with E-state index in [1.807, 2.05) is 11.0 Å². The number of hydrogen-bond acceptors (Lipinski definition) is 3. The van der Waals surface area contributed by atoms with Crippen LogP contribution in [0.25, 0.3) is 10.4 Å². The highest BCUT2D eigenvalue weighted by atomic mass is 32.1. The summed E-state index contributed by atoms with van der Waals surface area (Å²) in [6.07, 6.45) is 2.96. The Hall–Kier alpha value is -2.14. The summed E-state index contributed by atoms with van der Waals surface area (Å²) in [5, 5.41) is 2.07. The lowest BCUT2D eigenvalue weighted by molar-refractivity contribution is -0.140. The van der Waals surface area contributed by atoms with Crippen LogP contribution < -0.4 is 5.73 Å². The van der Waals surface area contributed by atoms with Gasteiger partial charge < -0.3 is 10.6 Å². The lowest BCUT2D eigenvalue weighted by atomic mass is 9.73. The van der Waals surface area contributed by atoms with E-state index in [9.17, 15) is 9.59 Å². The van der Waals surface area contributed by atoms with Crippen LogP contribution in [0.4, 0.5) is 0 Å². The second-order valence-electron chi connectivity index (χ2n) is 8.14. The number of rotatable bonds is 5. The molecule has 2 amide bonds. The molecule has 2 aromatic rings. The minimum absolute atomic E-state index is 0.205. The first kappa shape index (κ1) is 18.2. The van der Waals surface area contributed by atoms with E-state index in [0.29, 0.717) is 38.3 Å². The summed E-state index contributed by atoms with van der Waals surface area (Å²) in [5.74, 6) is 0.746. The monoisotopic (exact) mass is 382 g/mol. The predicted molar refractivity (Wildman–Crippen MR) is 108 cm³/mol. The summed E-state index contributed by atoms with van der Waals surface area (Å²) in [6, 6.07) is 12.6. The standard InChI is InChI=1S/C22H26N2O2S/c1-15-13-18(15)20(25)24-10-8-22(9-11-24,21(23)26)14-16-4-6-17(7-5-16)19-3-2-12-27-19/h2-7,12,15,18H,8-11,13-14H2,1H3,(H2,23,26). The van der Waals surface area contributed by atoms with Gasteiger partial charge in [0.15, 0.2) is 0 Å². The van der Waals surface area contributed by atoms with Gasteiger partial charge in [0.2, 0.25) is 11.8 Å². The molecule has 1 saturated heterocycles. The van der Waals surface area contributed by atoms with Crippen LogP contribution in [-0.2, 0) is 16.0 Å². The van der Waals surface area contributed by atoms with Crippen molar-refractivity contribution in [2.45, 2.75) is 32.6 Å². The van der Waals surface area contributed by atoms with Crippen molar-refractivity contribution in [3.63, 3.8) is 0 Å². The third-order valence-electron chi connectivity index (χ3n) is 6.28. The molecule has 27 heavy (non-hydrogen) atoms. The van der Waals surface area contributed by atoms with Gasteiger partial charge >= 0.3 is 0 Å². The molecule has 4 rings (SSSR count). The third kappa shape index (κ3) is 3.65. The van der Waals surface area contributed by atoms with E-state index < -0.39 is 5.41 Å². The number of hydrogen-bond donors (Lipinski definition) is 1. The van der Waals surface area contributed by atoms with Crippen LogP contribution in [0, 0.1) is 17.3 Å². The van der Waals surface area contributed by atoms with E-state index in [1.165, 1.54) is 10.4 Å². The van der Waals surface area contributed by atoms with Gasteiger partial charge in [0.05, 0.1) is 5.41 Å². The smallest absolute Gasteiger partial charge is 0.225 e. The normalized spacial score (nSPS) is 23.8. The van der Waals surface area contributed by atoms with Crippen LogP contribution in [0.3, 0.4) is 0 Å². The Bertz CT molecular complexity index is 821. The highest BCUT2D eigenvalue weighted by Crippen LogP contribution is 2.41. The molecule has 2 heterocycles. The summed E-state index contributed by atoms with van der Waals surface area (Å²) >= 11 is 1.72. The Morgan fingerprint density at radius 3 is 2.37 bits per heavy atom. The van der Waals surface area contributed by atoms with Crippen molar-refractivity contribution in [2.24, 2.45) is 23.0 Å². The number of benzene rings is 1. The minimum atomic E-state index is -0.545. The molecule has 0 radical (unpaired) electrons. The maximum absolute atomic E-state index is 12.5. The molecule has 2 atom stereocenters. The topological polar surface area (TPSA) is 63.4 Å². The summed E-state index contributed by atoms with van der Waals surface area (Å²) in [5.41, 5.74) is 7.61. The zero-order valence-electron chi connectivity index (χ0n) is 15.7. The van der Waals surface area contributed by atoms with Gasteiger partial charge in [0.1, 0.15) is 0 Å². The van der Waals surface area contributed by atoms with Gasteiger partial charge in [-0.15, -0.1) is 11.3 Å². The number of nitrogens with zero attached hydrogens (tertiary/aromatic N) is 1. The van der Waals surface area contributed by atoms with Crippen molar-refractivity contribution >= 4 is 23.2 Å². The molecule has 0 spiro atoms. The maximum Gasteiger partial charge on any atom is 0.225 e. The summed E-state index contributed by atoms with van der Waals surface area (Å²) in [6.45, 7) is 3.40. The van der Waals surface area contributed by atoms with Gasteiger partial charge in [-0.3, -0.25) is 9.59 Å². The molecule has 0 bridgehead atoms. The van der Waals surface area contributed by atoms with Crippen LogP contribution in [0.2, 0.25) is 0 Å². The summed E-state index contributed by atoms with van der Waals surface area (Å²) in [7, 11) is 0. The van der Waals surface area contributed by atoms with Gasteiger partial charge in [-0.2, -0.15) is 0 Å². The van der Waals surface area contributed by atoms with E-state index >= 15 is 0 Å². The molecule has 2 aliphatic rings. The minimum Gasteiger partial charge on any atom is -0.369 e. The van der Waals surface area contributed by atoms with Gasteiger partial charge in [0.25, 0.3) is 0 Å². The first-order chi connectivity index (χ1) is 13.0. The molecule has 142 valence electrons. The second kappa shape index (κ2) is 7.12. The van der Waals surface area contributed by atoms with Crippen LogP contribution in [-0.4, -0.2) is 29.8 Å². The van der Waals surface area contributed by atoms with Crippen molar-refractivity contribution in [1.29, 1.82) is 0 Å². The molecular formula is C22H26N2O2S. The summed E-state index contributed by atoms with van der Waals surface area (Å²) in [4.78, 5) is 28.0. The number of likely N-dealkylation sites (tertiary alicyclic amines) is 1. The molecule has 1 aromatic carbocycles. The fourth-order valence-electron chi connectivity index (χ4n) is 4.19. The molecule has 2 fully saturated rings. The highest BCUT2D eigenvalue weighted by molar-refractivity contribution is 7.13. The molecule has 5 heteroatoms. The average molecular weight is 383 g/mol. The zero-order valence-corrected chi connectivity index (χ0v) is 16.5. The average Bonchev–Trinajstić information content (AvgIpc) is 3.17. The molecule has 2 unspecified atom stereocenters. The first-order valence-electron chi connectivity index (χ1n) is 9.70. The Morgan fingerprint density at radius 2 is 1.85 bits per heavy atom. The highest BCUT2D eigenvalue weighted by Gasteiger charge is 2.45. The van der Waals surface area contributed by atoms with E-state index in [-0.39, 0.29) is 17.7 Å². The first-order valence-corrected chi connectivity index (χ1v) is 10.6. The number of piperidine rings is 1. The number of primary amides is 1. The number of thiophene rings is 1. The fourth-order valence-corrected chi connectivity index (χ4v) is 4.92. The van der Waals surface area contributed by atoms with Crippen molar-refractivity contribution in [3.8, 4) is 10.4 Å². The molecule has 2 N–H and O–H groups in total. The van der Waals surface area contributed by atoms with Crippen molar-refractivity contribution < 1.29 is 9.59 Å². The fraction of sp³-hybridized carbons (Fsp3) is 0.455. The third-order valence-corrected chi connectivity index (χ3v) is 7.20. The maximum atomic E-state index is 12.5. The van der Waals surface area contributed by atoms with Crippen molar-refractivity contribution in [3.05, 3.63) is 47.3 Å². The molecule has 4 nitrogen and oxygen atoms in total. The van der Waals surface area contributed by atoms with Crippen LogP contribution in [0.1, 0.15) is 31.7 Å². The Kier molecular flexibility index (Phi) is 4.81. The number of nitrogens with two attached hydrogens (primary N) is 1. The molecular weight excluding hydrogens is 356 g/mol. The lowest BCUT2D eigenvalue weighted by Gasteiger charge is -2.40. The molecule has 1 aromatic heterocycles. The van der Waals surface area contributed by atoms with Crippen molar-refractivity contribution in [1.82, 2.24) is 4.90 Å². The lowest BCUT2D eigenvalue weighted by Crippen LogP contribution is -2.50. The van der Waals surface area contributed by atoms with Gasteiger partial charge in [-0.1, -0.05) is 37.3 Å². The van der Waals surface area contributed by atoms with E-state index in [4.69, 9.17) is 5.73 Å². The summed E-state index contributed by atoms with van der Waals surface area (Å²) < 4.78 is 0. The van der Waals surface area contributed by atoms with E-state index in [1.54, 1.807) is 11.3 Å². The zero-order chi connectivity index (χ0) is 19.0. The Balaban J connectivity index is 1.44. The SMILES string of the molecule is CC1CC1C(=O)N1CCC(Cc2ccc(-c3cccs3)cc2)(C(N)=O)CC1. The second-order valence-corrected chi connectivity index (χ2v) is 9.09. The Morgan fingerprint density at radius 1 is 1.19 bits per heavy atom. The number of carbonyl (C=O) groups is 2. The Labute approximate surface area is 164 Å². The molecule has 1 aliphatic carbocycles. The van der Waals surface area contributed by atoms with Crippen LogP contribution in [0.5, 0.6) is 0 Å². The molecule has 1 aliphatic heterocycles. The number of amides is 2. The predicted octanol–water partition coefficient (Wildman–Crippen LogP) is 3.71. The van der Waals surface area contributed by atoms with Crippen LogP contribution in [0.15, 0.2) is 41.8 Å². The van der Waals surface area contributed by atoms with E-state index in [0.717, 1.165) is 12.0 Å². The van der Waals surface area contributed by atoms with Gasteiger partial charge in [0, 0.05) is 23.9 Å². The van der Waals surface area contributed by atoms with E-state index in [2.05, 4.69) is 42.6 Å². The number of carbonyl (C=O) groups excluding carboxylic acids is 2.